The Morgan fingerprint density at radius 2 is 1.74 bits per heavy atom. The largest absolute Gasteiger partial charge is 0.497 e. The number of ketones is 1. The highest BCUT2D eigenvalue weighted by molar-refractivity contribution is 6.36. The number of hydrogen-bond acceptors (Lipinski definition) is 3. The maximum atomic E-state index is 13.0. The van der Waals surface area contributed by atoms with Crippen LogP contribution in [0.1, 0.15) is 27.0 Å². The number of carbonyl (C=O) groups excluding carboxylic acids is 2. The molecule has 31 heavy (non-hydrogen) atoms. The summed E-state index contributed by atoms with van der Waals surface area (Å²) in [6, 6.07) is 19.9. The summed E-state index contributed by atoms with van der Waals surface area (Å²) >= 11 is 5.91. The summed E-state index contributed by atoms with van der Waals surface area (Å²) in [4.78, 5) is 25.4. The Morgan fingerprint density at radius 1 is 1.00 bits per heavy atom. The molecule has 3 aromatic carbocycles. The Labute approximate surface area is 185 Å². The van der Waals surface area contributed by atoms with Gasteiger partial charge in [-0.3, -0.25) is 9.59 Å². The highest BCUT2D eigenvalue weighted by atomic mass is 35.5. The van der Waals surface area contributed by atoms with Gasteiger partial charge in [0.25, 0.3) is 5.91 Å². The molecule has 0 aliphatic carbocycles. The number of halogens is 1. The third-order valence-electron chi connectivity index (χ3n) is 4.87. The van der Waals surface area contributed by atoms with Crippen LogP contribution in [0.15, 0.2) is 72.3 Å². The first-order valence-electron chi connectivity index (χ1n) is 9.62. The second-order valence-corrected chi connectivity index (χ2v) is 7.42. The van der Waals surface area contributed by atoms with Crippen molar-refractivity contribution in [2.45, 2.75) is 6.42 Å². The van der Waals surface area contributed by atoms with Crippen LogP contribution in [-0.4, -0.2) is 18.8 Å². The molecule has 1 aliphatic heterocycles. The van der Waals surface area contributed by atoms with Crippen LogP contribution >= 0.6 is 11.6 Å². The van der Waals surface area contributed by atoms with Crippen LogP contribution in [0.2, 0.25) is 5.02 Å². The second kappa shape index (κ2) is 8.91. The fraction of sp³-hybridized carbons (Fsp3) is 0.0769. The van der Waals surface area contributed by atoms with Gasteiger partial charge < -0.3 is 10.1 Å². The van der Waals surface area contributed by atoms with Gasteiger partial charge in [-0.1, -0.05) is 47.7 Å². The van der Waals surface area contributed by atoms with Crippen molar-refractivity contribution in [1.82, 2.24) is 0 Å². The molecule has 0 spiro atoms. The van der Waals surface area contributed by atoms with Crippen LogP contribution in [0.25, 0.3) is 6.08 Å². The number of fused-ring (bicyclic) bond motifs is 1. The van der Waals surface area contributed by atoms with E-state index in [1.807, 2.05) is 24.3 Å². The average Bonchev–Trinajstić information content (AvgIpc) is 2.79. The highest BCUT2D eigenvalue weighted by Gasteiger charge is 2.28. The molecule has 1 amide bonds. The van der Waals surface area contributed by atoms with Crippen molar-refractivity contribution in [2.24, 2.45) is 0 Å². The van der Waals surface area contributed by atoms with Gasteiger partial charge in [0, 0.05) is 22.6 Å². The maximum absolute atomic E-state index is 13.0. The van der Waals surface area contributed by atoms with Gasteiger partial charge in [0.1, 0.15) is 5.75 Å². The van der Waals surface area contributed by atoms with Gasteiger partial charge in [-0.25, -0.2) is 0 Å². The lowest BCUT2D eigenvalue weighted by Crippen LogP contribution is -2.27. The standard InChI is InChI=1S/C26H18ClNO3/c1-31-21-12-7-17(8-13-21)3-2-4-18-9-14-24-22(15-18)25(29)23(26(30)28-24)16-19-5-10-20(27)11-6-19/h5-16H,3H2,1H3,(H,28,30)/b23-16-. The molecule has 0 aromatic heterocycles. The fourth-order valence-electron chi connectivity index (χ4n) is 3.21. The Kier molecular flexibility index (Phi) is 5.88. The number of ether oxygens (including phenoxy) is 1. The zero-order valence-corrected chi connectivity index (χ0v) is 17.5. The first-order valence-corrected chi connectivity index (χ1v) is 10.0. The van der Waals surface area contributed by atoms with Gasteiger partial charge in [-0.15, -0.1) is 0 Å². The normalized spacial score (nSPS) is 13.8. The van der Waals surface area contributed by atoms with Crippen LogP contribution in [0, 0.1) is 11.8 Å². The zero-order valence-electron chi connectivity index (χ0n) is 16.7. The molecule has 3 aromatic rings. The molecule has 0 bridgehead atoms. The third-order valence-corrected chi connectivity index (χ3v) is 5.12. The Balaban J connectivity index is 1.57. The smallest absolute Gasteiger partial charge is 0.259 e. The second-order valence-electron chi connectivity index (χ2n) is 6.98. The number of benzene rings is 3. The van der Waals surface area contributed by atoms with Crippen LogP contribution in [0.5, 0.6) is 5.75 Å². The summed E-state index contributed by atoms with van der Waals surface area (Å²) in [6.07, 6.45) is 2.15. The third kappa shape index (κ3) is 4.69. The van der Waals surface area contributed by atoms with Gasteiger partial charge in [0.05, 0.1) is 18.4 Å². The highest BCUT2D eigenvalue weighted by Crippen LogP contribution is 2.27. The molecule has 1 N–H and O–H groups in total. The number of rotatable bonds is 3. The minimum absolute atomic E-state index is 0.0816. The van der Waals surface area contributed by atoms with E-state index in [2.05, 4.69) is 17.2 Å². The van der Waals surface area contributed by atoms with Crippen molar-refractivity contribution in [1.29, 1.82) is 0 Å². The van der Waals surface area contributed by atoms with Crippen molar-refractivity contribution in [3.8, 4) is 17.6 Å². The van der Waals surface area contributed by atoms with Crippen LogP contribution in [0.4, 0.5) is 5.69 Å². The lowest BCUT2D eigenvalue weighted by atomic mass is 9.94. The molecule has 0 saturated heterocycles. The van der Waals surface area contributed by atoms with Crippen molar-refractivity contribution < 1.29 is 14.3 Å². The summed E-state index contributed by atoms with van der Waals surface area (Å²) in [5, 5.41) is 3.37. The lowest BCUT2D eigenvalue weighted by molar-refractivity contribution is -0.112. The van der Waals surface area contributed by atoms with Crippen molar-refractivity contribution in [2.75, 3.05) is 12.4 Å². The van der Waals surface area contributed by atoms with Crippen molar-refractivity contribution in [3.05, 3.63) is 99.6 Å². The Bertz CT molecular complexity index is 1250. The SMILES string of the molecule is COc1ccc(CC#Cc2ccc3c(c2)C(=O)/C(=C/c2ccc(Cl)cc2)C(=O)N3)cc1. The molecule has 0 atom stereocenters. The molecule has 0 radical (unpaired) electrons. The van der Waals surface area contributed by atoms with Gasteiger partial charge >= 0.3 is 0 Å². The Hall–Kier alpha value is -3.81. The van der Waals surface area contributed by atoms with E-state index in [0.717, 1.165) is 16.9 Å². The van der Waals surface area contributed by atoms with E-state index in [1.54, 1.807) is 55.7 Å². The van der Waals surface area contributed by atoms with E-state index in [9.17, 15) is 9.59 Å². The van der Waals surface area contributed by atoms with E-state index in [1.165, 1.54) is 0 Å². The van der Waals surface area contributed by atoms with Crippen molar-refractivity contribution in [3.63, 3.8) is 0 Å². The fourth-order valence-corrected chi connectivity index (χ4v) is 3.33. The van der Waals surface area contributed by atoms with E-state index in [4.69, 9.17) is 16.3 Å². The Morgan fingerprint density at radius 3 is 2.45 bits per heavy atom. The van der Waals surface area contributed by atoms with E-state index in [0.29, 0.717) is 28.3 Å². The number of nitrogens with one attached hydrogen (secondary N) is 1. The summed E-state index contributed by atoms with van der Waals surface area (Å²) in [5.74, 6) is 6.27. The lowest BCUT2D eigenvalue weighted by Gasteiger charge is -2.18. The number of amides is 1. The summed E-state index contributed by atoms with van der Waals surface area (Å²) in [7, 11) is 1.63. The van der Waals surface area contributed by atoms with E-state index < -0.39 is 5.91 Å². The number of Topliss-reactive ketones (excluding diaryl/α,β-unsaturated/α-hetero) is 1. The topological polar surface area (TPSA) is 55.4 Å². The van der Waals surface area contributed by atoms with Gasteiger partial charge in [-0.05, 0) is 59.7 Å². The molecule has 0 fully saturated rings. The van der Waals surface area contributed by atoms with Crippen LogP contribution < -0.4 is 10.1 Å². The average molecular weight is 428 g/mol. The molecule has 0 unspecified atom stereocenters. The molecule has 0 saturated carbocycles. The van der Waals surface area contributed by atoms with Crippen LogP contribution in [-0.2, 0) is 11.2 Å². The minimum atomic E-state index is -0.425. The molecule has 1 aliphatic rings. The molecular weight excluding hydrogens is 410 g/mol. The maximum Gasteiger partial charge on any atom is 0.259 e. The first kappa shape index (κ1) is 20.5. The molecular formula is C26H18ClNO3. The predicted octanol–water partition coefficient (Wildman–Crippen LogP) is 5.16. The number of hydrogen-bond donors (Lipinski definition) is 1. The molecule has 152 valence electrons. The van der Waals surface area contributed by atoms with E-state index >= 15 is 0 Å². The number of carbonyl (C=O) groups is 2. The van der Waals surface area contributed by atoms with Gasteiger partial charge in [-0.2, -0.15) is 0 Å². The summed E-state index contributed by atoms with van der Waals surface area (Å²) in [5.41, 5.74) is 3.50. The van der Waals surface area contributed by atoms with Crippen LogP contribution in [0.3, 0.4) is 0 Å². The van der Waals surface area contributed by atoms with Gasteiger partial charge in [0.2, 0.25) is 5.78 Å². The quantitative estimate of drug-likeness (QED) is 0.357. The zero-order chi connectivity index (χ0) is 21.8. The number of methoxy groups -OCH3 is 1. The monoisotopic (exact) mass is 427 g/mol. The van der Waals surface area contributed by atoms with Gasteiger partial charge in [0.15, 0.2) is 0 Å². The summed E-state index contributed by atoms with van der Waals surface area (Å²) < 4.78 is 5.16. The molecule has 4 rings (SSSR count). The van der Waals surface area contributed by atoms with E-state index in [-0.39, 0.29) is 11.4 Å². The minimum Gasteiger partial charge on any atom is -0.497 e. The summed E-state index contributed by atoms with van der Waals surface area (Å²) in [6.45, 7) is 0. The molecule has 1 heterocycles. The first-order chi connectivity index (χ1) is 15.0. The predicted molar refractivity (Wildman–Crippen MR) is 122 cm³/mol. The van der Waals surface area contributed by atoms with Crippen molar-refractivity contribution >= 4 is 35.1 Å². The molecule has 4 nitrogen and oxygen atoms in total. The number of anilines is 1. The molecule has 5 heteroatoms.